The molecule has 0 unspecified atom stereocenters. The third kappa shape index (κ3) is 4.68. The summed E-state index contributed by atoms with van der Waals surface area (Å²) in [6, 6.07) is 69.6. The number of benzene rings is 8. The van der Waals surface area contributed by atoms with Gasteiger partial charge in [-0.3, -0.25) is 0 Å². The Morgan fingerprint density at radius 2 is 1.04 bits per heavy atom. The molecule has 3 nitrogen and oxygen atoms in total. The average molecular weight is 677 g/mol. The molecule has 0 saturated carbocycles. The Bertz CT molecular complexity index is 3140. The molecule has 8 aromatic carbocycles. The molecule has 0 aliphatic heterocycles. The van der Waals surface area contributed by atoms with Gasteiger partial charge < -0.3 is 13.6 Å². The largest absolute Gasteiger partial charge is 0.456 e. The normalized spacial score (nSPS) is 11.8. The van der Waals surface area contributed by atoms with Crippen LogP contribution in [-0.4, -0.2) is 9.13 Å². The van der Waals surface area contributed by atoms with E-state index in [0.717, 1.165) is 44.4 Å². The number of hydrogen-bond acceptors (Lipinski definition) is 1. The third-order valence-electron chi connectivity index (χ3n) is 10.7. The quantitative estimate of drug-likeness (QED) is 0.178. The average Bonchev–Trinajstić information content (AvgIpc) is 3.91. The number of hydrogen-bond donors (Lipinski definition) is 0. The SMILES string of the molecule is c1ccc(-c2ccc3c(c2)c2ccccc2n3-c2ccc3c(c2)oc2cccc(-c4ccc(-c5cc6ccccc6n5-c5ccccc5)cc4)c23)cc1. The summed E-state index contributed by atoms with van der Waals surface area (Å²) in [5.41, 5.74) is 14.6. The van der Waals surface area contributed by atoms with Crippen molar-refractivity contribution in [2.75, 3.05) is 0 Å². The molecule has 11 rings (SSSR count). The lowest BCUT2D eigenvalue weighted by Gasteiger charge is -2.12. The lowest BCUT2D eigenvalue weighted by Crippen LogP contribution is -1.96. The van der Waals surface area contributed by atoms with Gasteiger partial charge in [-0.2, -0.15) is 0 Å². The summed E-state index contributed by atoms with van der Waals surface area (Å²) in [6.07, 6.45) is 0. The van der Waals surface area contributed by atoms with Crippen LogP contribution >= 0.6 is 0 Å². The van der Waals surface area contributed by atoms with Crippen LogP contribution in [0.5, 0.6) is 0 Å². The molecule has 0 spiro atoms. The van der Waals surface area contributed by atoms with Crippen molar-refractivity contribution in [3.8, 4) is 44.9 Å². The van der Waals surface area contributed by atoms with Crippen LogP contribution in [0.4, 0.5) is 0 Å². The summed E-state index contributed by atoms with van der Waals surface area (Å²) in [6.45, 7) is 0. The molecule has 0 aliphatic carbocycles. The molecule has 248 valence electrons. The molecule has 0 N–H and O–H groups in total. The zero-order valence-electron chi connectivity index (χ0n) is 28.8. The van der Waals surface area contributed by atoms with E-state index in [2.05, 4.69) is 203 Å². The van der Waals surface area contributed by atoms with Gasteiger partial charge in [0, 0.05) is 44.4 Å². The smallest absolute Gasteiger partial charge is 0.137 e. The standard InChI is InChI=1S/C50H32N2O/c1-3-12-33(13-4-1)36-26-29-46-43(30-36)41-17-8-10-20-45(41)52(46)39-27-28-42-49(32-39)53-48-21-11-18-40(50(42)48)34-22-24-35(25-23-34)47-31-37-14-7-9-19-44(37)51(47)38-15-5-2-6-16-38/h1-32H. The van der Waals surface area contributed by atoms with Gasteiger partial charge in [0.1, 0.15) is 11.2 Å². The predicted octanol–water partition coefficient (Wildman–Crippen LogP) is 13.6. The van der Waals surface area contributed by atoms with Crippen molar-refractivity contribution in [1.29, 1.82) is 0 Å². The second-order valence-electron chi connectivity index (χ2n) is 13.7. The number of para-hydroxylation sites is 3. The van der Waals surface area contributed by atoms with Crippen molar-refractivity contribution in [2.45, 2.75) is 0 Å². The number of rotatable bonds is 5. The minimum atomic E-state index is 0.876. The van der Waals surface area contributed by atoms with Gasteiger partial charge >= 0.3 is 0 Å². The Kier molecular flexibility index (Phi) is 6.55. The molecular weight excluding hydrogens is 645 g/mol. The highest BCUT2D eigenvalue weighted by Crippen LogP contribution is 2.41. The molecule has 0 radical (unpaired) electrons. The van der Waals surface area contributed by atoms with Crippen molar-refractivity contribution >= 4 is 54.6 Å². The van der Waals surface area contributed by atoms with E-state index in [1.165, 1.54) is 55.1 Å². The fourth-order valence-electron chi connectivity index (χ4n) is 8.30. The van der Waals surface area contributed by atoms with Crippen LogP contribution in [0.3, 0.4) is 0 Å². The minimum Gasteiger partial charge on any atom is -0.456 e. The van der Waals surface area contributed by atoms with E-state index < -0.39 is 0 Å². The van der Waals surface area contributed by atoms with Crippen molar-refractivity contribution in [2.24, 2.45) is 0 Å². The van der Waals surface area contributed by atoms with Crippen molar-refractivity contribution in [1.82, 2.24) is 9.13 Å². The van der Waals surface area contributed by atoms with Crippen molar-refractivity contribution < 1.29 is 4.42 Å². The molecular formula is C50H32N2O. The van der Waals surface area contributed by atoms with Crippen molar-refractivity contribution in [3.63, 3.8) is 0 Å². The first-order valence-electron chi connectivity index (χ1n) is 18.1. The van der Waals surface area contributed by atoms with Gasteiger partial charge in [-0.15, -0.1) is 0 Å². The molecule has 11 aromatic rings. The fourth-order valence-corrected chi connectivity index (χ4v) is 8.30. The molecule has 0 aliphatic rings. The second-order valence-corrected chi connectivity index (χ2v) is 13.7. The Labute approximate surface area is 306 Å². The Balaban J connectivity index is 1.02. The summed E-state index contributed by atoms with van der Waals surface area (Å²) in [5, 5.41) is 5.94. The Morgan fingerprint density at radius 1 is 0.340 bits per heavy atom. The van der Waals surface area contributed by atoms with Gasteiger partial charge in [0.2, 0.25) is 0 Å². The molecule has 0 fully saturated rings. The highest BCUT2D eigenvalue weighted by Gasteiger charge is 2.18. The first-order chi connectivity index (χ1) is 26.3. The topological polar surface area (TPSA) is 23.0 Å². The summed E-state index contributed by atoms with van der Waals surface area (Å²) in [4.78, 5) is 0. The van der Waals surface area contributed by atoms with Crippen LogP contribution in [0.2, 0.25) is 0 Å². The van der Waals surface area contributed by atoms with Crippen molar-refractivity contribution in [3.05, 3.63) is 194 Å². The number of aromatic nitrogens is 2. The first-order valence-corrected chi connectivity index (χ1v) is 18.1. The van der Waals surface area contributed by atoms with Crippen LogP contribution in [0.1, 0.15) is 0 Å². The third-order valence-corrected chi connectivity index (χ3v) is 10.7. The van der Waals surface area contributed by atoms with Gasteiger partial charge in [-0.25, -0.2) is 0 Å². The second kappa shape index (κ2) is 11.7. The van der Waals surface area contributed by atoms with E-state index in [4.69, 9.17) is 4.42 Å². The first kappa shape index (κ1) is 29.6. The van der Waals surface area contributed by atoms with Gasteiger partial charge in [0.05, 0.1) is 22.2 Å². The molecule has 3 heteroatoms. The lowest BCUT2D eigenvalue weighted by molar-refractivity contribution is 0.668. The van der Waals surface area contributed by atoms with Crippen LogP contribution in [0, 0.1) is 0 Å². The summed E-state index contributed by atoms with van der Waals surface area (Å²) in [5.74, 6) is 0. The maximum Gasteiger partial charge on any atom is 0.137 e. The maximum absolute atomic E-state index is 6.63. The molecule has 0 amide bonds. The summed E-state index contributed by atoms with van der Waals surface area (Å²) < 4.78 is 11.3. The fraction of sp³-hybridized carbons (Fsp3) is 0. The summed E-state index contributed by atoms with van der Waals surface area (Å²) >= 11 is 0. The zero-order chi connectivity index (χ0) is 34.9. The van der Waals surface area contributed by atoms with E-state index in [1.54, 1.807) is 0 Å². The van der Waals surface area contributed by atoms with E-state index >= 15 is 0 Å². The van der Waals surface area contributed by atoms with E-state index in [9.17, 15) is 0 Å². The number of furan rings is 1. The molecule has 3 aromatic heterocycles. The maximum atomic E-state index is 6.63. The number of nitrogens with zero attached hydrogens (tertiary/aromatic N) is 2. The van der Waals surface area contributed by atoms with Crippen LogP contribution in [0.15, 0.2) is 199 Å². The Hall–Kier alpha value is -7.10. The monoisotopic (exact) mass is 676 g/mol. The molecule has 53 heavy (non-hydrogen) atoms. The minimum absolute atomic E-state index is 0.876. The van der Waals surface area contributed by atoms with Gasteiger partial charge in [-0.1, -0.05) is 127 Å². The van der Waals surface area contributed by atoms with Crippen LogP contribution in [-0.2, 0) is 0 Å². The molecule has 0 atom stereocenters. The predicted molar refractivity (Wildman–Crippen MR) is 221 cm³/mol. The van der Waals surface area contributed by atoms with Crippen LogP contribution < -0.4 is 0 Å². The lowest BCUT2D eigenvalue weighted by atomic mass is 9.98. The zero-order valence-corrected chi connectivity index (χ0v) is 28.8. The molecule has 0 bridgehead atoms. The highest BCUT2D eigenvalue weighted by molar-refractivity contribution is 6.14. The van der Waals surface area contributed by atoms with Gasteiger partial charge in [0.15, 0.2) is 0 Å². The molecule has 0 saturated heterocycles. The molecule has 3 heterocycles. The van der Waals surface area contributed by atoms with Gasteiger partial charge in [-0.05, 0) is 88.5 Å². The van der Waals surface area contributed by atoms with Crippen LogP contribution in [0.25, 0.3) is 99.5 Å². The number of fused-ring (bicyclic) bond motifs is 7. The summed E-state index contributed by atoms with van der Waals surface area (Å²) in [7, 11) is 0. The van der Waals surface area contributed by atoms with Gasteiger partial charge in [0.25, 0.3) is 0 Å². The van der Waals surface area contributed by atoms with E-state index in [-0.39, 0.29) is 0 Å². The Morgan fingerprint density at radius 3 is 1.89 bits per heavy atom. The van der Waals surface area contributed by atoms with E-state index in [1.807, 2.05) is 0 Å². The highest BCUT2D eigenvalue weighted by atomic mass is 16.3. The van der Waals surface area contributed by atoms with E-state index in [0.29, 0.717) is 0 Å².